The van der Waals surface area contributed by atoms with E-state index in [4.69, 9.17) is 4.74 Å². The number of hydrogen-bond acceptors (Lipinski definition) is 4. The SMILES string of the molecule is CC1(c2nc(-c3cccs3)n[nH]2)CCCO1. The number of nitrogens with zero attached hydrogens (tertiary/aromatic N) is 2. The highest BCUT2D eigenvalue weighted by Crippen LogP contribution is 2.34. The standard InChI is InChI=1S/C11H13N3OS/c1-11(5-3-6-15-11)10-12-9(13-14-10)8-4-2-7-16-8/h2,4,7H,3,5-6H2,1H3,(H,12,13,14). The smallest absolute Gasteiger partial charge is 0.191 e. The molecule has 0 radical (unpaired) electrons. The van der Waals surface area contributed by atoms with Crippen LogP contribution in [0.5, 0.6) is 0 Å². The summed E-state index contributed by atoms with van der Waals surface area (Å²) in [6.07, 6.45) is 2.09. The van der Waals surface area contributed by atoms with Crippen molar-refractivity contribution >= 4 is 11.3 Å². The molecule has 84 valence electrons. The number of rotatable bonds is 2. The molecule has 0 saturated carbocycles. The number of thiophene rings is 1. The van der Waals surface area contributed by atoms with Crippen molar-refractivity contribution < 1.29 is 4.74 Å². The first-order valence-corrected chi connectivity index (χ1v) is 6.27. The predicted molar refractivity (Wildman–Crippen MR) is 62.2 cm³/mol. The molecular weight excluding hydrogens is 222 g/mol. The number of ether oxygens (including phenoxy) is 1. The van der Waals surface area contributed by atoms with Crippen LogP contribution >= 0.6 is 11.3 Å². The topological polar surface area (TPSA) is 50.8 Å². The van der Waals surface area contributed by atoms with Gasteiger partial charge in [0.2, 0.25) is 0 Å². The first kappa shape index (κ1) is 9.99. The lowest BCUT2D eigenvalue weighted by molar-refractivity contribution is 0.00967. The molecule has 1 saturated heterocycles. The third kappa shape index (κ3) is 1.56. The Bertz CT molecular complexity index is 471. The third-order valence-corrected chi connectivity index (χ3v) is 3.81. The first-order chi connectivity index (χ1) is 7.78. The lowest BCUT2D eigenvalue weighted by Gasteiger charge is -2.18. The molecule has 1 N–H and O–H groups in total. The molecule has 1 unspecified atom stereocenters. The molecule has 0 spiro atoms. The van der Waals surface area contributed by atoms with E-state index in [1.807, 2.05) is 17.5 Å². The lowest BCUT2D eigenvalue weighted by Crippen LogP contribution is -2.21. The summed E-state index contributed by atoms with van der Waals surface area (Å²) >= 11 is 1.64. The highest BCUT2D eigenvalue weighted by Gasteiger charge is 2.35. The summed E-state index contributed by atoms with van der Waals surface area (Å²) < 4.78 is 5.73. The Labute approximate surface area is 97.7 Å². The normalized spacial score (nSPS) is 25.1. The average Bonchev–Trinajstić information content (AvgIpc) is 2.98. The summed E-state index contributed by atoms with van der Waals surface area (Å²) in [5.41, 5.74) is -0.275. The number of H-pyrrole nitrogens is 1. The van der Waals surface area contributed by atoms with Crippen molar-refractivity contribution in [3.8, 4) is 10.7 Å². The molecule has 3 heterocycles. The van der Waals surface area contributed by atoms with Crippen molar-refractivity contribution in [2.75, 3.05) is 6.61 Å². The van der Waals surface area contributed by atoms with Crippen molar-refractivity contribution in [3.63, 3.8) is 0 Å². The zero-order chi connectivity index (χ0) is 11.0. The van der Waals surface area contributed by atoms with Gasteiger partial charge in [-0.2, -0.15) is 5.10 Å². The van der Waals surface area contributed by atoms with Gasteiger partial charge in [-0.1, -0.05) is 6.07 Å². The minimum Gasteiger partial charge on any atom is -0.367 e. The molecule has 2 aromatic heterocycles. The number of aromatic nitrogens is 3. The lowest BCUT2D eigenvalue weighted by atomic mass is 10.0. The fourth-order valence-electron chi connectivity index (χ4n) is 1.98. The van der Waals surface area contributed by atoms with Gasteiger partial charge in [0.15, 0.2) is 11.6 Å². The fraction of sp³-hybridized carbons (Fsp3) is 0.455. The van der Waals surface area contributed by atoms with Crippen LogP contribution in [0.4, 0.5) is 0 Å². The largest absolute Gasteiger partial charge is 0.367 e. The Hall–Kier alpha value is -1.20. The van der Waals surface area contributed by atoms with Gasteiger partial charge in [0.25, 0.3) is 0 Å². The van der Waals surface area contributed by atoms with Crippen LogP contribution < -0.4 is 0 Å². The molecule has 2 aromatic rings. The second-order valence-corrected chi connectivity index (χ2v) is 5.12. The molecule has 0 aliphatic carbocycles. The van der Waals surface area contributed by atoms with Crippen LogP contribution in [0.1, 0.15) is 25.6 Å². The maximum Gasteiger partial charge on any atom is 0.191 e. The van der Waals surface area contributed by atoms with Gasteiger partial charge in [-0.25, -0.2) is 4.98 Å². The summed E-state index contributed by atoms with van der Waals surface area (Å²) in [7, 11) is 0. The summed E-state index contributed by atoms with van der Waals surface area (Å²) in [4.78, 5) is 5.61. The molecule has 0 bridgehead atoms. The van der Waals surface area contributed by atoms with Crippen LogP contribution in [0, 0.1) is 0 Å². The highest BCUT2D eigenvalue weighted by molar-refractivity contribution is 7.13. The second-order valence-electron chi connectivity index (χ2n) is 4.17. The van der Waals surface area contributed by atoms with Crippen molar-refractivity contribution in [2.45, 2.75) is 25.4 Å². The molecular formula is C11H13N3OS. The van der Waals surface area contributed by atoms with Crippen LogP contribution in [0.15, 0.2) is 17.5 Å². The van der Waals surface area contributed by atoms with Crippen LogP contribution in [-0.2, 0) is 10.3 Å². The number of aromatic amines is 1. The average molecular weight is 235 g/mol. The number of hydrogen-bond donors (Lipinski definition) is 1. The van der Waals surface area contributed by atoms with E-state index in [0.29, 0.717) is 0 Å². The molecule has 1 aliphatic heterocycles. The molecule has 0 amide bonds. The van der Waals surface area contributed by atoms with Crippen molar-refractivity contribution in [2.24, 2.45) is 0 Å². The number of nitrogens with one attached hydrogen (secondary N) is 1. The summed E-state index contributed by atoms with van der Waals surface area (Å²) in [5, 5.41) is 9.27. The van der Waals surface area contributed by atoms with E-state index >= 15 is 0 Å². The molecule has 1 aliphatic rings. The van der Waals surface area contributed by atoms with Crippen LogP contribution in [0.2, 0.25) is 0 Å². The molecule has 4 nitrogen and oxygen atoms in total. The van der Waals surface area contributed by atoms with Gasteiger partial charge in [-0.15, -0.1) is 11.3 Å². The van der Waals surface area contributed by atoms with E-state index in [2.05, 4.69) is 22.1 Å². The van der Waals surface area contributed by atoms with Gasteiger partial charge in [-0.3, -0.25) is 5.10 Å². The fourth-order valence-corrected chi connectivity index (χ4v) is 2.64. The zero-order valence-corrected chi connectivity index (χ0v) is 9.88. The van der Waals surface area contributed by atoms with Gasteiger partial charge < -0.3 is 4.74 Å². The third-order valence-electron chi connectivity index (χ3n) is 2.95. The van der Waals surface area contributed by atoms with E-state index in [1.165, 1.54) is 0 Å². The minimum absolute atomic E-state index is 0.275. The molecule has 1 fully saturated rings. The highest BCUT2D eigenvalue weighted by atomic mass is 32.1. The van der Waals surface area contributed by atoms with Crippen LogP contribution in [-0.4, -0.2) is 21.8 Å². The molecule has 16 heavy (non-hydrogen) atoms. The predicted octanol–water partition coefficient (Wildman–Crippen LogP) is 2.56. The Morgan fingerprint density at radius 2 is 2.50 bits per heavy atom. The molecule has 5 heteroatoms. The van der Waals surface area contributed by atoms with E-state index < -0.39 is 0 Å². The van der Waals surface area contributed by atoms with Crippen LogP contribution in [0.3, 0.4) is 0 Å². The van der Waals surface area contributed by atoms with Crippen molar-refractivity contribution in [1.29, 1.82) is 0 Å². The quantitative estimate of drug-likeness (QED) is 0.870. The van der Waals surface area contributed by atoms with E-state index in [-0.39, 0.29) is 5.60 Å². The van der Waals surface area contributed by atoms with Gasteiger partial charge in [0.1, 0.15) is 5.60 Å². The van der Waals surface area contributed by atoms with Gasteiger partial charge in [0.05, 0.1) is 4.88 Å². The first-order valence-electron chi connectivity index (χ1n) is 5.39. The van der Waals surface area contributed by atoms with Gasteiger partial charge in [-0.05, 0) is 31.2 Å². The Morgan fingerprint density at radius 1 is 1.56 bits per heavy atom. The van der Waals surface area contributed by atoms with E-state index in [1.54, 1.807) is 11.3 Å². The minimum atomic E-state index is -0.275. The summed E-state index contributed by atoms with van der Waals surface area (Å²) in [6.45, 7) is 2.88. The van der Waals surface area contributed by atoms with Crippen molar-refractivity contribution in [3.05, 3.63) is 23.3 Å². The van der Waals surface area contributed by atoms with E-state index in [9.17, 15) is 0 Å². The molecule has 0 aromatic carbocycles. The molecule has 1 atom stereocenters. The summed E-state index contributed by atoms with van der Waals surface area (Å²) in [6, 6.07) is 4.03. The van der Waals surface area contributed by atoms with Gasteiger partial charge in [0, 0.05) is 6.61 Å². The van der Waals surface area contributed by atoms with Crippen molar-refractivity contribution in [1.82, 2.24) is 15.2 Å². The Morgan fingerprint density at radius 3 is 3.19 bits per heavy atom. The molecule has 3 rings (SSSR count). The maximum absolute atomic E-state index is 5.73. The Kier molecular flexibility index (Phi) is 2.29. The monoisotopic (exact) mass is 235 g/mol. The Balaban J connectivity index is 1.93. The zero-order valence-electron chi connectivity index (χ0n) is 9.06. The van der Waals surface area contributed by atoms with Gasteiger partial charge >= 0.3 is 0 Å². The van der Waals surface area contributed by atoms with E-state index in [0.717, 1.165) is 36.0 Å². The second kappa shape index (κ2) is 3.68. The van der Waals surface area contributed by atoms with Crippen LogP contribution in [0.25, 0.3) is 10.7 Å². The maximum atomic E-state index is 5.73. The summed E-state index contributed by atoms with van der Waals surface area (Å²) in [5.74, 6) is 1.61.